The van der Waals surface area contributed by atoms with Gasteiger partial charge in [0.1, 0.15) is 11.6 Å². The molecular formula is C21H19ClFN3O3. The van der Waals surface area contributed by atoms with E-state index in [1.807, 2.05) is 24.3 Å². The van der Waals surface area contributed by atoms with Gasteiger partial charge in [0.25, 0.3) is 11.8 Å². The molecule has 3 aromatic rings. The SMILES string of the molecule is COc1ccccc1-c1nc(C2CCCN(C(=O)c3cc(Cl)ccc3F)C2)no1. The molecule has 1 fully saturated rings. The first kappa shape index (κ1) is 19.4. The normalized spacial score (nSPS) is 16.7. The summed E-state index contributed by atoms with van der Waals surface area (Å²) >= 11 is 5.93. The number of benzene rings is 2. The van der Waals surface area contributed by atoms with Crippen LogP contribution in [0.4, 0.5) is 4.39 Å². The van der Waals surface area contributed by atoms with E-state index in [9.17, 15) is 9.18 Å². The number of methoxy groups -OCH3 is 1. The highest BCUT2D eigenvalue weighted by atomic mass is 35.5. The lowest BCUT2D eigenvalue weighted by molar-refractivity contribution is 0.0699. The molecule has 8 heteroatoms. The molecule has 0 bridgehead atoms. The first-order chi connectivity index (χ1) is 14.1. The van der Waals surface area contributed by atoms with E-state index in [2.05, 4.69) is 10.1 Å². The first-order valence-corrected chi connectivity index (χ1v) is 9.66. The third-order valence-corrected chi connectivity index (χ3v) is 5.25. The Bertz CT molecular complexity index is 1040. The maximum absolute atomic E-state index is 14.1. The van der Waals surface area contributed by atoms with Crippen molar-refractivity contribution in [3.05, 3.63) is 64.7 Å². The molecule has 2 aromatic carbocycles. The van der Waals surface area contributed by atoms with Crippen molar-refractivity contribution >= 4 is 17.5 Å². The predicted molar refractivity (Wildman–Crippen MR) is 106 cm³/mol. The fourth-order valence-corrected chi connectivity index (χ4v) is 3.71. The molecule has 1 aliphatic heterocycles. The zero-order valence-electron chi connectivity index (χ0n) is 15.8. The summed E-state index contributed by atoms with van der Waals surface area (Å²) in [5.74, 6) is 0.459. The van der Waals surface area contributed by atoms with E-state index < -0.39 is 5.82 Å². The maximum Gasteiger partial charge on any atom is 0.261 e. The van der Waals surface area contributed by atoms with Gasteiger partial charge in [-0.15, -0.1) is 0 Å². The highest BCUT2D eigenvalue weighted by Crippen LogP contribution is 2.31. The Morgan fingerprint density at radius 2 is 2.14 bits per heavy atom. The average molecular weight is 416 g/mol. The molecule has 0 aliphatic carbocycles. The Hall–Kier alpha value is -2.93. The Labute approximate surface area is 172 Å². The van der Waals surface area contributed by atoms with Crippen LogP contribution >= 0.6 is 11.6 Å². The zero-order chi connectivity index (χ0) is 20.4. The van der Waals surface area contributed by atoms with E-state index >= 15 is 0 Å². The monoisotopic (exact) mass is 415 g/mol. The number of nitrogens with zero attached hydrogens (tertiary/aromatic N) is 3. The minimum absolute atomic E-state index is 0.0269. The van der Waals surface area contributed by atoms with Gasteiger partial charge in [0.2, 0.25) is 0 Å². The Morgan fingerprint density at radius 3 is 2.97 bits per heavy atom. The molecular weight excluding hydrogens is 397 g/mol. The number of para-hydroxylation sites is 1. The number of ether oxygens (including phenoxy) is 1. The largest absolute Gasteiger partial charge is 0.496 e. The van der Waals surface area contributed by atoms with Crippen molar-refractivity contribution in [2.24, 2.45) is 0 Å². The summed E-state index contributed by atoms with van der Waals surface area (Å²) in [7, 11) is 1.58. The topological polar surface area (TPSA) is 68.5 Å². The van der Waals surface area contributed by atoms with Gasteiger partial charge in [0.15, 0.2) is 5.82 Å². The van der Waals surface area contributed by atoms with Gasteiger partial charge in [0.05, 0.1) is 18.2 Å². The van der Waals surface area contributed by atoms with Crippen LogP contribution in [0, 0.1) is 5.82 Å². The quantitative estimate of drug-likeness (QED) is 0.625. The van der Waals surface area contributed by atoms with E-state index in [0.29, 0.717) is 41.1 Å². The maximum atomic E-state index is 14.1. The van der Waals surface area contributed by atoms with E-state index in [1.54, 1.807) is 12.0 Å². The number of hydrogen-bond acceptors (Lipinski definition) is 5. The van der Waals surface area contributed by atoms with Crippen molar-refractivity contribution in [2.75, 3.05) is 20.2 Å². The van der Waals surface area contributed by atoms with Crippen molar-refractivity contribution in [2.45, 2.75) is 18.8 Å². The standard InChI is InChI=1S/C21H19ClFN3O3/c1-28-18-7-3-2-6-15(18)20-24-19(25-29-20)13-5-4-10-26(12-13)21(27)16-11-14(22)8-9-17(16)23/h2-3,6-9,11,13H,4-5,10,12H2,1H3. The van der Waals surface area contributed by atoms with E-state index in [1.165, 1.54) is 18.2 Å². The summed E-state index contributed by atoms with van der Waals surface area (Å²) in [5.41, 5.74) is 0.680. The highest BCUT2D eigenvalue weighted by Gasteiger charge is 2.30. The van der Waals surface area contributed by atoms with Crippen molar-refractivity contribution in [1.82, 2.24) is 15.0 Å². The van der Waals surface area contributed by atoms with Crippen LogP contribution in [0.2, 0.25) is 5.02 Å². The van der Waals surface area contributed by atoms with Gasteiger partial charge in [-0.25, -0.2) is 4.39 Å². The summed E-state index contributed by atoms with van der Waals surface area (Å²) in [6.45, 7) is 0.925. The minimum Gasteiger partial charge on any atom is -0.496 e. The fraction of sp³-hybridized carbons (Fsp3) is 0.286. The van der Waals surface area contributed by atoms with Crippen LogP contribution in [0.25, 0.3) is 11.5 Å². The molecule has 1 unspecified atom stereocenters. The lowest BCUT2D eigenvalue weighted by Crippen LogP contribution is -2.39. The van der Waals surface area contributed by atoms with Crippen LogP contribution in [0.15, 0.2) is 47.0 Å². The molecule has 1 amide bonds. The molecule has 1 aromatic heterocycles. The number of piperidine rings is 1. The van der Waals surface area contributed by atoms with Crippen molar-refractivity contribution in [3.63, 3.8) is 0 Å². The molecule has 0 radical (unpaired) electrons. The molecule has 0 N–H and O–H groups in total. The molecule has 1 aliphatic rings. The molecule has 29 heavy (non-hydrogen) atoms. The molecule has 4 rings (SSSR count). The number of halogens is 2. The van der Waals surface area contributed by atoms with Gasteiger partial charge in [-0.05, 0) is 43.2 Å². The highest BCUT2D eigenvalue weighted by molar-refractivity contribution is 6.31. The van der Waals surface area contributed by atoms with Crippen LogP contribution in [0.5, 0.6) is 5.75 Å². The number of amides is 1. The summed E-state index contributed by atoms with van der Waals surface area (Å²) in [6, 6.07) is 11.4. The molecule has 0 saturated carbocycles. The third kappa shape index (κ3) is 3.96. The Balaban J connectivity index is 1.54. The number of rotatable bonds is 4. The second kappa shape index (κ2) is 8.21. The van der Waals surface area contributed by atoms with Crippen molar-refractivity contribution in [3.8, 4) is 17.2 Å². The van der Waals surface area contributed by atoms with Gasteiger partial charge in [0, 0.05) is 24.0 Å². The molecule has 150 valence electrons. The van der Waals surface area contributed by atoms with Gasteiger partial charge >= 0.3 is 0 Å². The van der Waals surface area contributed by atoms with E-state index in [-0.39, 0.29) is 17.4 Å². The lowest BCUT2D eigenvalue weighted by atomic mass is 9.96. The van der Waals surface area contributed by atoms with Gasteiger partial charge in [-0.2, -0.15) is 4.98 Å². The second-order valence-electron chi connectivity index (χ2n) is 6.87. The summed E-state index contributed by atoms with van der Waals surface area (Å²) in [4.78, 5) is 18.9. The predicted octanol–water partition coefficient (Wildman–Crippen LogP) is 4.56. The number of aromatic nitrogens is 2. The van der Waals surface area contributed by atoms with E-state index in [0.717, 1.165) is 12.8 Å². The van der Waals surface area contributed by atoms with Crippen LogP contribution in [0.1, 0.15) is 34.9 Å². The summed E-state index contributed by atoms with van der Waals surface area (Å²) < 4.78 is 24.9. The Kier molecular flexibility index (Phi) is 5.49. The summed E-state index contributed by atoms with van der Waals surface area (Å²) in [5, 5.41) is 4.44. The zero-order valence-corrected chi connectivity index (χ0v) is 16.5. The van der Waals surface area contributed by atoms with E-state index in [4.69, 9.17) is 20.9 Å². The number of carbonyl (C=O) groups is 1. The smallest absolute Gasteiger partial charge is 0.261 e. The van der Waals surface area contributed by atoms with Crippen LogP contribution in [-0.2, 0) is 0 Å². The first-order valence-electron chi connectivity index (χ1n) is 9.28. The van der Waals surface area contributed by atoms with Crippen LogP contribution in [0.3, 0.4) is 0 Å². The molecule has 1 saturated heterocycles. The third-order valence-electron chi connectivity index (χ3n) is 5.01. The van der Waals surface area contributed by atoms with Gasteiger partial charge in [-0.3, -0.25) is 4.79 Å². The lowest BCUT2D eigenvalue weighted by Gasteiger charge is -2.31. The van der Waals surface area contributed by atoms with Crippen LogP contribution in [-0.4, -0.2) is 41.1 Å². The summed E-state index contributed by atoms with van der Waals surface area (Å²) in [6.07, 6.45) is 1.57. The molecule has 0 spiro atoms. The average Bonchev–Trinajstić information content (AvgIpc) is 3.25. The minimum atomic E-state index is -0.584. The van der Waals surface area contributed by atoms with Gasteiger partial charge in [-0.1, -0.05) is 28.9 Å². The number of carbonyl (C=O) groups excluding carboxylic acids is 1. The fourth-order valence-electron chi connectivity index (χ4n) is 3.54. The van der Waals surface area contributed by atoms with Crippen LogP contribution < -0.4 is 4.74 Å². The second-order valence-corrected chi connectivity index (χ2v) is 7.31. The van der Waals surface area contributed by atoms with Crippen molar-refractivity contribution < 1.29 is 18.4 Å². The van der Waals surface area contributed by atoms with Crippen molar-refractivity contribution in [1.29, 1.82) is 0 Å². The molecule has 2 heterocycles. The van der Waals surface area contributed by atoms with Gasteiger partial charge < -0.3 is 14.2 Å². The molecule has 6 nitrogen and oxygen atoms in total. The Morgan fingerprint density at radius 1 is 1.31 bits per heavy atom. The molecule has 1 atom stereocenters. The number of likely N-dealkylation sites (tertiary alicyclic amines) is 1. The number of hydrogen-bond donors (Lipinski definition) is 0.